The van der Waals surface area contributed by atoms with Crippen molar-refractivity contribution in [3.63, 3.8) is 0 Å². The summed E-state index contributed by atoms with van der Waals surface area (Å²) in [7, 11) is 0. The van der Waals surface area contributed by atoms with Gasteiger partial charge in [0.2, 0.25) is 5.91 Å². The second kappa shape index (κ2) is 7.96. The molecule has 1 aromatic carbocycles. The van der Waals surface area contributed by atoms with Crippen LogP contribution in [0, 0.1) is 10.5 Å². The van der Waals surface area contributed by atoms with Gasteiger partial charge in [-0.25, -0.2) is 0 Å². The number of hydrogen-bond donors (Lipinski definition) is 1. The number of hydrogen-bond acceptors (Lipinski definition) is 5. The standard InChI is InChI=1S/C17H19IN4O3/c1-12-10-15(20-25-12)19-16(23)11-21-6-8-22(9-7-21)17(24)13-2-4-14(18)5-3-13/h2-5,10H,6-9,11H2,1H3,(H,19,20,23). The van der Waals surface area contributed by atoms with E-state index in [0.29, 0.717) is 43.3 Å². The summed E-state index contributed by atoms with van der Waals surface area (Å²) in [5.41, 5.74) is 0.702. The molecule has 1 aromatic heterocycles. The van der Waals surface area contributed by atoms with Gasteiger partial charge in [-0.15, -0.1) is 0 Å². The summed E-state index contributed by atoms with van der Waals surface area (Å²) in [6.45, 7) is 4.61. The van der Waals surface area contributed by atoms with Crippen LogP contribution in [0.4, 0.5) is 5.82 Å². The summed E-state index contributed by atoms with van der Waals surface area (Å²) < 4.78 is 6.03. The highest BCUT2D eigenvalue weighted by Crippen LogP contribution is 2.12. The molecule has 2 heterocycles. The van der Waals surface area contributed by atoms with Crippen molar-refractivity contribution in [2.24, 2.45) is 0 Å². The SMILES string of the molecule is Cc1cc(NC(=O)CN2CCN(C(=O)c3ccc(I)cc3)CC2)no1. The predicted octanol–water partition coefficient (Wildman–Crippen LogP) is 1.98. The van der Waals surface area contributed by atoms with Gasteiger partial charge >= 0.3 is 0 Å². The van der Waals surface area contributed by atoms with Crippen molar-refractivity contribution in [1.29, 1.82) is 0 Å². The van der Waals surface area contributed by atoms with Crippen LogP contribution in [0.3, 0.4) is 0 Å². The fraction of sp³-hybridized carbons (Fsp3) is 0.353. The fourth-order valence-electron chi connectivity index (χ4n) is 2.69. The van der Waals surface area contributed by atoms with Crippen molar-refractivity contribution in [3.05, 3.63) is 45.2 Å². The molecule has 3 rings (SSSR count). The Bertz CT molecular complexity index is 752. The number of halogens is 1. The van der Waals surface area contributed by atoms with E-state index < -0.39 is 0 Å². The predicted molar refractivity (Wildman–Crippen MR) is 101 cm³/mol. The Balaban J connectivity index is 1.47. The van der Waals surface area contributed by atoms with E-state index in [4.69, 9.17) is 4.52 Å². The first-order valence-corrected chi connectivity index (χ1v) is 9.09. The van der Waals surface area contributed by atoms with Crippen molar-refractivity contribution in [1.82, 2.24) is 15.0 Å². The molecule has 0 saturated carbocycles. The van der Waals surface area contributed by atoms with Crippen LogP contribution < -0.4 is 5.32 Å². The summed E-state index contributed by atoms with van der Waals surface area (Å²) >= 11 is 2.22. The molecule has 0 atom stereocenters. The summed E-state index contributed by atoms with van der Waals surface area (Å²) in [5.74, 6) is 0.984. The number of nitrogens with one attached hydrogen (secondary N) is 1. The molecule has 2 aromatic rings. The molecule has 132 valence electrons. The molecular formula is C17H19IN4O3. The van der Waals surface area contributed by atoms with Gasteiger partial charge in [-0.3, -0.25) is 14.5 Å². The number of carbonyl (C=O) groups is 2. The zero-order valence-corrected chi connectivity index (χ0v) is 16.0. The van der Waals surface area contributed by atoms with Crippen LogP contribution in [0.25, 0.3) is 0 Å². The van der Waals surface area contributed by atoms with Gasteiger partial charge in [-0.1, -0.05) is 5.16 Å². The van der Waals surface area contributed by atoms with E-state index in [9.17, 15) is 9.59 Å². The number of amides is 2. The average Bonchev–Trinajstić information content (AvgIpc) is 3.00. The van der Waals surface area contributed by atoms with Crippen LogP contribution >= 0.6 is 22.6 Å². The Morgan fingerprint density at radius 1 is 1.20 bits per heavy atom. The third-order valence-electron chi connectivity index (χ3n) is 4.01. The lowest BCUT2D eigenvalue weighted by molar-refractivity contribution is -0.117. The number of aromatic nitrogens is 1. The van der Waals surface area contributed by atoms with Crippen molar-refractivity contribution >= 4 is 40.2 Å². The molecule has 1 saturated heterocycles. The number of rotatable bonds is 4. The third kappa shape index (κ3) is 4.79. The number of piperazine rings is 1. The van der Waals surface area contributed by atoms with E-state index in [1.807, 2.05) is 34.1 Å². The summed E-state index contributed by atoms with van der Waals surface area (Å²) in [6.07, 6.45) is 0. The van der Waals surface area contributed by atoms with Crippen LogP contribution in [-0.4, -0.2) is 59.5 Å². The van der Waals surface area contributed by atoms with E-state index in [0.717, 1.165) is 3.57 Å². The number of aryl methyl sites for hydroxylation is 1. The van der Waals surface area contributed by atoms with Crippen LogP contribution in [0.5, 0.6) is 0 Å². The minimum atomic E-state index is -0.134. The van der Waals surface area contributed by atoms with Gasteiger partial charge in [0.1, 0.15) is 5.76 Å². The first-order chi connectivity index (χ1) is 12.0. The van der Waals surface area contributed by atoms with Crippen molar-refractivity contribution in [3.8, 4) is 0 Å². The maximum Gasteiger partial charge on any atom is 0.253 e. The molecule has 0 aliphatic carbocycles. The van der Waals surface area contributed by atoms with Gasteiger partial charge in [0, 0.05) is 41.4 Å². The second-order valence-electron chi connectivity index (χ2n) is 5.95. The van der Waals surface area contributed by atoms with E-state index in [2.05, 4.69) is 33.1 Å². The van der Waals surface area contributed by atoms with Crippen molar-refractivity contribution in [2.75, 3.05) is 38.0 Å². The minimum Gasteiger partial charge on any atom is -0.360 e. The zero-order chi connectivity index (χ0) is 17.8. The molecule has 0 unspecified atom stereocenters. The molecule has 8 heteroatoms. The van der Waals surface area contributed by atoms with Crippen LogP contribution in [0.1, 0.15) is 16.1 Å². The van der Waals surface area contributed by atoms with E-state index in [-0.39, 0.29) is 18.4 Å². The van der Waals surface area contributed by atoms with Gasteiger partial charge in [-0.2, -0.15) is 0 Å². The zero-order valence-electron chi connectivity index (χ0n) is 13.9. The van der Waals surface area contributed by atoms with Gasteiger partial charge in [0.15, 0.2) is 5.82 Å². The Kier molecular flexibility index (Phi) is 5.69. The Morgan fingerprint density at radius 3 is 2.48 bits per heavy atom. The fourth-order valence-corrected chi connectivity index (χ4v) is 3.05. The first-order valence-electron chi connectivity index (χ1n) is 8.01. The van der Waals surface area contributed by atoms with E-state index in [1.54, 1.807) is 13.0 Å². The molecule has 2 amide bonds. The quantitative estimate of drug-likeness (QED) is 0.716. The first kappa shape index (κ1) is 17.9. The van der Waals surface area contributed by atoms with Crippen LogP contribution in [-0.2, 0) is 4.79 Å². The third-order valence-corrected chi connectivity index (χ3v) is 4.73. The highest BCUT2D eigenvalue weighted by Gasteiger charge is 2.23. The number of carbonyl (C=O) groups excluding carboxylic acids is 2. The Hall–Kier alpha value is -1.94. The number of benzene rings is 1. The van der Waals surface area contributed by atoms with E-state index in [1.165, 1.54) is 0 Å². The van der Waals surface area contributed by atoms with Gasteiger partial charge in [0.05, 0.1) is 6.54 Å². The topological polar surface area (TPSA) is 78.7 Å². The van der Waals surface area contributed by atoms with Crippen molar-refractivity contribution < 1.29 is 14.1 Å². The molecule has 25 heavy (non-hydrogen) atoms. The molecule has 7 nitrogen and oxygen atoms in total. The van der Waals surface area contributed by atoms with Crippen molar-refractivity contribution in [2.45, 2.75) is 6.92 Å². The molecule has 1 N–H and O–H groups in total. The summed E-state index contributed by atoms with van der Waals surface area (Å²) in [5, 5.41) is 6.45. The molecule has 0 spiro atoms. The monoisotopic (exact) mass is 454 g/mol. The normalized spacial score (nSPS) is 15.2. The van der Waals surface area contributed by atoms with E-state index >= 15 is 0 Å². The van der Waals surface area contributed by atoms with Gasteiger partial charge in [-0.05, 0) is 53.8 Å². The largest absolute Gasteiger partial charge is 0.360 e. The lowest BCUT2D eigenvalue weighted by Crippen LogP contribution is -2.50. The molecule has 1 aliphatic rings. The Labute approximate surface area is 159 Å². The highest BCUT2D eigenvalue weighted by molar-refractivity contribution is 14.1. The van der Waals surface area contributed by atoms with Crippen LogP contribution in [0.2, 0.25) is 0 Å². The molecular weight excluding hydrogens is 435 g/mol. The number of nitrogens with zero attached hydrogens (tertiary/aromatic N) is 3. The number of anilines is 1. The molecule has 1 aliphatic heterocycles. The molecule has 0 radical (unpaired) electrons. The van der Waals surface area contributed by atoms with Crippen LogP contribution in [0.15, 0.2) is 34.9 Å². The lowest BCUT2D eigenvalue weighted by Gasteiger charge is -2.34. The highest BCUT2D eigenvalue weighted by atomic mass is 127. The smallest absolute Gasteiger partial charge is 0.253 e. The maximum atomic E-state index is 12.5. The molecule has 0 bridgehead atoms. The summed E-state index contributed by atoms with van der Waals surface area (Å²) in [4.78, 5) is 28.4. The Morgan fingerprint density at radius 2 is 1.88 bits per heavy atom. The minimum absolute atomic E-state index is 0.0403. The lowest BCUT2D eigenvalue weighted by atomic mass is 10.2. The second-order valence-corrected chi connectivity index (χ2v) is 7.19. The molecule has 1 fully saturated rings. The maximum absolute atomic E-state index is 12.5. The van der Waals surface area contributed by atoms with Gasteiger partial charge in [0.25, 0.3) is 5.91 Å². The average molecular weight is 454 g/mol. The van der Waals surface area contributed by atoms with Gasteiger partial charge < -0.3 is 14.7 Å². The summed E-state index contributed by atoms with van der Waals surface area (Å²) in [6, 6.07) is 9.24.